The lowest BCUT2D eigenvalue weighted by Crippen LogP contribution is -2.59. The largest absolute Gasteiger partial charge is 0.460 e. The van der Waals surface area contributed by atoms with Crippen LogP contribution in [-0.2, 0) is 57.7 Å². The Labute approximate surface area is 428 Å². The van der Waals surface area contributed by atoms with E-state index in [4.69, 9.17) is 23.7 Å². The molecule has 0 aromatic carbocycles. The highest BCUT2D eigenvalue weighted by atomic mass is 32.2. The van der Waals surface area contributed by atoms with Crippen molar-refractivity contribution in [2.24, 2.45) is 35.5 Å². The number of hydrogen-bond acceptors (Lipinski definition) is 15. The molecule has 6 unspecified atom stereocenters. The summed E-state index contributed by atoms with van der Waals surface area (Å²) in [6.45, 7) is 12.0. The van der Waals surface area contributed by atoms with E-state index < -0.39 is 87.7 Å². The Morgan fingerprint density at radius 1 is 0.889 bits per heavy atom. The van der Waals surface area contributed by atoms with E-state index in [0.29, 0.717) is 49.2 Å². The number of cyclic esters (lactones) is 1. The molecule has 4 rings (SSSR count). The average Bonchev–Trinajstić information content (AvgIpc) is 4.19. The predicted molar refractivity (Wildman–Crippen MR) is 272 cm³/mol. The van der Waals surface area contributed by atoms with Gasteiger partial charge in [0.05, 0.1) is 24.1 Å². The van der Waals surface area contributed by atoms with E-state index >= 15 is 0 Å². The number of ether oxygens (including phenoxy) is 5. The zero-order valence-corrected chi connectivity index (χ0v) is 45.3. The molecule has 4 aliphatic rings. The molecule has 4 N–H and O–H groups in total. The summed E-state index contributed by atoms with van der Waals surface area (Å²) in [7, 11) is 0.358. The third-order valence-electron chi connectivity index (χ3n) is 15.3. The normalized spacial score (nSPS) is 37.0. The van der Waals surface area contributed by atoms with Crippen LogP contribution in [0.3, 0.4) is 0 Å². The minimum Gasteiger partial charge on any atom is -0.460 e. The van der Waals surface area contributed by atoms with Crippen LogP contribution < -0.4 is 4.72 Å². The molecule has 0 spiro atoms. The first kappa shape index (κ1) is 61.1. The smallest absolute Gasteiger partial charge is 0.328 e. The van der Waals surface area contributed by atoms with Crippen molar-refractivity contribution < 1.29 is 71.4 Å². The number of aliphatic hydroxyl groups is 3. The number of aliphatic hydroxyl groups excluding tert-OH is 2. The number of carbonyl (C=O) groups excluding carboxylic acids is 5. The fourth-order valence-corrected chi connectivity index (χ4v) is 11.2. The summed E-state index contributed by atoms with van der Waals surface area (Å²) < 4.78 is 58.9. The topological polar surface area (TPSA) is 242 Å². The first-order valence-electron chi connectivity index (χ1n) is 26.1. The van der Waals surface area contributed by atoms with Crippen LogP contribution in [0, 0.1) is 35.5 Å². The van der Waals surface area contributed by atoms with Crippen LogP contribution in [0.4, 0.5) is 0 Å². The van der Waals surface area contributed by atoms with Crippen LogP contribution in [0.1, 0.15) is 132 Å². The maximum Gasteiger partial charge on any atom is 0.328 e. The number of hydrogen-bond donors (Lipinski definition) is 4. The van der Waals surface area contributed by atoms with E-state index in [0.717, 1.165) is 24.3 Å². The number of rotatable bonds is 13. The van der Waals surface area contributed by atoms with E-state index in [2.05, 4.69) is 4.72 Å². The van der Waals surface area contributed by atoms with Crippen LogP contribution in [0.5, 0.6) is 0 Å². The number of esters is 1. The van der Waals surface area contributed by atoms with Gasteiger partial charge in [0.25, 0.3) is 11.7 Å². The van der Waals surface area contributed by atoms with E-state index in [1.54, 1.807) is 72.1 Å². The molecule has 72 heavy (non-hydrogen) atoms. The van der Waals surface area contributed by atoms with Gasteiger partial charge in [0.15, 0.2) is 5.78 Å². The number of sulfonamides is 1. The molecule has 18 heteroatoms. The summed E-state index contributed by atoms with van der Waals surface area (Å²) in [6, 6.07) is -2.22. The Bertz CT molecular complexity index is 2070. The first-order chi connectivity index (χ1) is 34.0. The van der Waals surface area contributed by atoms with Crippen LogP contribution >= 0.6 is 0 Å². The Morgan fingerprint density at radius 2 is 1.58 bits per heavy atom. The number of amides is 1. The van der Waals surface area contributed by atoms with Gasteiger partial charge >= 0.3 is 5.97 Å². The molecule has 2 saturated carbocycles. The molecule has 2 aliphatic heterocycles. The van der Waals surface area contributed by atoms with Gasteiger partial charge in [-0.25, -0.2) is 17.9 Å². The number of methoxy groups -OCH3 is 2. The van der Waals surface area contributed by atoms with E-state index in [-0.39, 0.29) is 73.7 Å². The van der Waals surface area contributed by atoms with Gasteiger partial charge in [-0.15, -0.1) is 0 Å². The van der Waals surface area contributed by atoms with Gasteiger partial charge in [-0.1, -0.05) is 69.7 Å². The number of carbonyl (C=O) groups is 5. The van der Waals surface area contributed by atoms with E-state index in [1.807, 2.05) is 13.0 Å². The number of allylic oxidation sites excluding steroid dienone is 6. The second kappa shape index (κ2) is 28.4. The Hall–Kier alpha value is -3.46. The van der Waals surface area contributed by atoms with Crippen molar-refractivity contribution in [1.29, 1.82) is 0 Å². The lowest BCUT2D eigenvalue weighted by Gasteiger charge is -2.42. The number of nitrogens with one attached hydrogen (secondary N) is 1. The molecule has 3 fully saturated rings. The van der Waals surface area contributed by atoms with Gasteiger partial charge in [-0.2, -0.15) is 0 Å². The monoisotopic (exact) mass is 1030 g/mol. The highest BCUT2D eigenvalue weighted by Crippen LogP contribution is 2.38. The number of fused-ring (bicyclic) bond motifs is 2. The highest BCUT2D eigenvalue weighted by molar-refractivity contribution is 7.89. The lowest BCUT2D eigenvalue weighted by molar-refractivity contribution is -0.263. The number of Topliss-reactive ketones (excluding diaryl/α,β-unsaturated/α-hetero) is 3. The minimum absolute atomic E-state index is 0.0000414. The Morgan fingerprint density at radius 3 is 2.24 bits per heavy atom. The van der Waals surface area contributed by atoms with E-state index in [9.17, 15) is 47.7 Å². The van der Waals surface area contributed by atoms with Gasteiger partial charge in [-0.3, -0.25) is 19.2 Å². The van der Waals surface area contributed by atoms with Gasteiger partial charge in [0, 0.05) is 64.7 Å². The maximum atomic E-state index is 14.2. The number of likely N-dealkylation sites (N-methyl/N-ethyl adjacent to an activating group) is 1. The highest BCUT2D eigenvalue weighted by Gasteiger charge is 2.52. The van der Waals surface area contributed by atoms with Crippen molar-refractivity contribution in [2.45, 2.75) is 186 Å². The molecule has 1 saturated heterocycles. The summed E-state index contributed by atoms with van der Waals surface area (Å²) in [5.74, 6) is -8.66. The molecule has 2 heterocycles. The van der Waals surface area contributed by atoms with Gasteiger partial charge in [-0.05, 0) is 121 Å². The molecule has 0 aromatic rings. The first-order valence-corrected chi connectivity index (χ1v) is 27.7. The minimum atomic E-state index is -3.91. The zero-order chi connectivity index (χ0) is 53.5. The third-order valence-corrected chi connectivity index (χ3v) is 16.8. The molecule has 408 valence electrons. The fourth-order valence-electron chi connectivity index (χ4n) is 9.88. The Kier molecular flexibility index (Phi) is 24.1. The van der Waals surface area contributed by atoms with Crippen LogP contribution in [0.25, 0.3) is 0 Å². The van der Waals surface area contributed by atoms with Gasteiger partial charge < -0.3 is 43.9 Å². The van der Waals surface area contributed by atoms with Crippen molar-refractivity contribution in [3.05, 3.63) is 47.6 Å². The molecular weight excluding hydrogens is 949 g/mol. The van der Waals surface area contributed by atoms with Gasteiger partial charge in [0.2, 0.25) is 15.8 Å². The second-order valence-electron chi connectivity index (χ2n) is 21.2. The van der Waals surface area contributed by atoms with Crippen LogP contribution in [0.2, 0.25) is 0 Å². The molecule has 2 bridgehead atoms. The molecule has 1 amide bonds. The van der Waals surface area contributed by atoms with Crippen molar-refractivity contribution in [1.82, 2.24) is 9.62 Å². The average molecular weight is 1040 g/mol. The molecule has 14 atom stereocenters. The van der Waals surface area contributed by atoms with E-state index in [1.165, 1.54) is 33.9 Å². The second-order valence-corrected chi connectivity index (χ2v) is 23.0. The SMILES string of the molecule is COC1C(=O)C(C)CC\C=C/C=C\C=C(\C)[C@H](NS(=O)(=O)CCCO)C[C@H]2CC[C@H](C)[C@](O)(O2)C(=O)C(=O)N(C)C(C)C(=O)OC([C@H](C)C[C@@H]2CC[C@@H](OCC3CC3)[C@H](OC)C2)CC(=O)C(C)/C=C(/C)C1O. The zero-order valence-electron chi connectivity index (χ0n) is 44.5. The standard InChI is InChI=1S/C54H86N2O15S/c1-33-17-14-12-11-13-15-18-34(2)48(59)50(68-10)49(60)37(5)27-35(3)44(58)31-46(36(4)28-41-22-24-45(47(29-41)67-9)69-32-40-20-21-40)70-53(63)39(7)56(8)52(62)51(61)54(64)38(6)19-23-42(71-54)30-43(33)55-72(65,66)26-16-25-57/h11-14,17,27,34-36,38-43,45-47,49-50,55,57,60,64H,15-16,18-26,28-32H2,1-10H3/b13-11-,14-12-,33-17-,37-27-/t34?,35?,36-,38+,39?,41+,42-,43-,45-,46?,47-,49?,50?,54+/m1/s1. The maximum absolute atomic E-state index is 14.2. The quantitative estimate of drug-likeness (QED) is 0.101. The predicted octanol–water partition coefficient (Wildman–Crippen LogP) is 5.49. The fraction of sp³-hybridized carbons (Fsp3) is 0.759. The summed E-state index contributed by atoms with van der Waals surface area (Å²) in [5.41, 5.74) is 0.935. The summed E-state index contributed by atoms with van der Waals surface area (Å²) >= 11 is 0. The van der Waals surface area contributed by atoms with Crippen molar-refractivity contribution in [3.63, 3.8) is 0 Å². The summed E-state index contributed by atoms with van der Waals surface area (Å²) in [5, 5.41) is 32.7. The third kappa shape index (κ3) is 17.6. The molecule has 17 nitrogen and oxygen atoms in total. The molecule has 2 aliphatic carbocycles. The molecule has 0 radical (unpaired) electrons. The van der Waals surface area contributed by atoms with Crippen LogP contribution in [-0.4, -0.2) is 153 Å². The van der Waals surface area contributed by atoms with Crippen molar-refractivity contribution in [2.75, 3.05) is 40.2 Å². The lowest BCUT2D eigenvalue weighted by atomic mass is 9.78. The van der Waals surface area contributed by atoms with Crippen LogP contribution in [0.15, 0.2) is 47.6 Å². The van der Waals surface area contributed by atoms with Crippen molar-refractivity contribution >= 4 is 39.2 Å². The molecule has 0 aromatic heterocycles. The van der Waals surface area contributed by atoms with Gasteiger partial charge in [0.1, 0.15) is 30.1 Å². The summed E-state index contributed by atoms with van der Waals surface area (Å²) in [4.78, 5) is 71.0. The Balaban J connectivity index is 1.67. The molecular formula is C54H86N2O15S. The number of ketones is 3. The summed E-state index contributed by atoms with van der Waals surface area (Å²) in [6.07, 6.45) is 12.5. The van der Waals surface area contributed by atoms with Crippen molar-refractivity contribution in [3.8, 4) is 0 Å². The number of nitrogens with zero attached hydrogens (tertiary/aromatic N) is 1.